The van der Waals surface area contributed by atoms with Crippen LogP contribution in [0, 0.1) is 0 Å². The van der Waals surface area contributed by atoms with Crippen LogP contribution >= 0.6 is 0 Å². The average Bonchev–Trinajstić information content (AvgIpc) is 3.25. The van der Waals surface area contributed by atoms with Gasteiger partial charge in [-0.25, -0.2) is 0 Å². The van der Waals surface area contributed by atoms with Crippen LogP contribution < -0.4 is 16.0 Å². The number of hydrogen-bond donors (Lipinski definition) is 15. The molecule has 342 valence electrons. The first-order chi connectivity index (χ1) is 28.6. The van der Waals surface area contributed by atoms with Crippen molar-refractivity contribution in [1.29, 1.82) is 0 Å². The van der Waals surface area contributed by atoms with E-state index in [9.17, 15) is 75.7 Å². The van der Waals surface area contributed by atoms with Crippen molar-refractivity contribution in [3.05, 3.63) is 34.9 Å². The zero-order valence-electron chi connectivity index (χ0n) is 32.4. The molecule has 0 bridgehead atoms. The van der Waals surface area contributed by atoms with Gasteiger partial charge in [-0.1, -0.05) is 0 Å². The van der Waals surface area contributed by atoms with Crippen LogP contribution in [0.3, 0.4) is 0 Å². The fraction of sp³-hybridized carbons (Fsp3) is 0.750. The molecule has 3 fully saturated rings. The van der Waals surface area contributed by atoms with Gasteiger partial charge in [0.2, 0.25) is 0 Å². The molecule has 0 unspecified atom stereocenters. The molecule has 60 heavy (non-hydrogen) atoms. The number of ether oxygens (including phenoxy) is 6. The molecule has 15 N–H and O–H groups in total. The van der Waals surface area contributed by atoms with Gasteiger partial charge in [-0.3, -0.25) is 14.4 Å². The molecule has 0 saturated carbocycles. The van der Waals surface area contributed by atoms with Gasteiger partial charge in [-0.05, 0) is 37.5 Å². The number of nitrogens with one attached hydrogen (secondary N) is 3. The zero-order chi connectivity index (χ0) is 44.1. The van der Waals surface area contributed by atoms with E-state index in [0.29, 0.717) is 0 Å². The van der Waals surface area contributed by atoms with E-state index in [1.54, 1.807) is 0 Å². The molecule has 0 spiro atoms. The number of rotatable bonds is 21. The maximum Gasteiger partial charge on any atom is 0.251 e. The lowest BCUT2D eigenvalue weighted by molar-refractivity contribution is -0.301. The summed E-state index contributed by atoms with van der Waals surface area (Å²) in [4.78, 5) is 39.7. The van der Waals surface area contributed by atoms with Gasteiger partial charge in [-0.2, -0.15) is 0 Å². The smallest absolute Gasteiger partial charge is 0.251 e. The summed E-state index contributed by atoms with van der Waals surface area (Å²) in [5.74, 6) is -2.06. The third-order valence-electron chi connectivity index (χ3n) is 9.93. The number of aliphatic hydroxyl groups is 12. The lowest BCUT2D eigenvalue weighted by Gasteiger charge is -2.39. The molecule has 0 radical (unpaired) electrons. The minimum Gasteiger partial charge on any atom is -0.394 e. The van der Waals surface area contributed by atoms with E-state index in [1.165, 1.54) is 18.2 Å². The zero-order valence-corrected chi connectivity index (χ0v) is 32.4. The summed E-state index contributed by atoms with van der Waals surface area (Å²) in [5.41, 5.74) is -0.251. The minimum absolute atomic E-state index is 0.00288. The number of carbonyl (C=O) groups is 3. The van der Waals surface area contributed by atoms with Crippen molar-refractivity contribution < 1.29 is 104 Å². The van der Waals surface area contributed by atoms with Gasteiger partial charge in [0.1, 0.15) is 73.2 Å². The van der Waals surface area contributed by atoms with E-state index in [-0.39, 0.29) is 75.4 Å². The van der Waals surface area contributed by atoms with Crippen molar-refractivity contribution in [2.24, 2.45) is 0 Å². The predicted octanol–water partition coefficient (Wildman–Crippen LogP) is -7.50. The largest absolute Gasteiger partial charge is 0.394 e. The Balaban J connectivity index is 1.32. The maximum absolute atomic E-state index is 13.2. The lowest BCUT2D eigenvalue weighted by atomic mass is 9.99. The Labute approximate surface area is 343 Å². The van der Waals surface area contributed by atoms with Gasteiger partial charge in [0.25, 0.3) is 17.7 Å². The fourth-order valence-corrected chi connectivity index (χ4v) is 6.36. The van der Waals surface area contributed by atoms with E-state index in [0.717, 1.165) is 0 Å². The van der Waals surface area contributed by atoms with Crippen LogP contribution in [0.25, 0.3) is 0 Å². The van der Waals surface area contributed by atoms with Gasteiger partial charge in [0.05, 0.1) is 39.6 Å². The first-order valence-electron chi connectivity index (χ1n) is 19.4. The quantitative estimate of drug-likeness (QED) is 0.0510. The Bertz CT molecular complexity index is 1320. The highest BCUT2D eigenvalue weighted by Gasteiger charge is 2.46. The Kier molecular flexibility index (Phi) is 19.8. The van der Waals surface area contributed by atoms with Crippen molar-refractivity contribution >= 4 is 17.7 Å². The van der Waals surface area contributed by atoms with Gasteiger partial charge in [0.15, 0.2) is 18.9 Å². The van der Waals surface area contributed by atoms with Crippen LogP contribution in [0.2, 0.25) is 0 Å². The second-order valence-corrected chi connectivity index (χ2v) is 14.3. The number of hydrogen-bond acceptors (Lipinski definition) is 21. The molecular weight excluding hydrogens is 810 g/mol. The van der Waals surface area contributed by atoms with Crippen molar-refractivity contribution in [3.63, 3.8) is 0 Å². The minimum atomic E-state index is -1.63. The van der Waals surface area contributed by atoms with E-state index in [4.69, 9.17) is 28.4 Å². The molecule has 3 aliphatic rings. The number of benzene rings is 1. The summed E-state index contributed by atoms with van der Waals surface area (Å²) < 4.78 is 32.1. The van der Waals surface area contributed by atoms with E-state index in [1.807, 2.05) is 0 Å². The van der Waals surface area contributed by atoms with Crippen LogP contribution in [0.4, 0.5) is 0 Å². The molecule has 24 nitrogen and oxygen atoms in total. The molecule has 3 aliphatic heterocycles. The van der Waals surface area contributed by atoms with Crippen molar-refractivity contribution in [3.8, 4) is 0 Å². The molecule has 24 heteroatoms. The van der Waals surface area contributed by atoms with E-state index < -0.39 is 130 Å². The molecule has 0 aliphatic carbocycles. The maximum atomic E-state index is 13.2. The highest BCUT2D eigenvalue weighted by molar-refractivity contribution is 6.04. The summed E-state index contributed by atoms with van der Waals surface area (Å²) in [6, 6.07) is 3.72. The molecular formula is C36H57N3O21. The molecule has 3 amide bonds. The van der Waals surface area contributed by atoms with Crippen LogP contribution in [-0.2, 0) is 28.4 Å². The normalized spacial score (nSPS) is 34.5. The first-order valence-corrected chi connectivity index (χ1v) is 19.4. The molecule has 0 aromatic heterocycles. The number of carbonyl (C=O) groups excluding carboxylic acids is 3. The summed E-state index contributed by atoms with van der Waals surface area (Å²) in [5, 5.41) is 126. The van der Waals surface area contributed by atoms with Gasteiger partial charge in [-0.15, -0.1) is 0 Å². The Hall–Kier alpha value is -3.09. The van der Waals surface area contributed by atoms with Crippen molar-refractivity contribution in [2.75, 3.05) is 59.3 Å². The molecule has 1 aromatic rings. The van der Waals surface area contributed by atoms with E-state index in [2.05, 4.69) is 16.0 Å². The second kappa shape index (κ2) is 23.9. The Morgan fingerprint density at radius 1 is 0.433 bits per heavy atom. The third kappa shape index (κ3) is 13.0. The topological polar surface area (TPSA) is 385 Å². The average molecular weight is 868 g/mol. The molecule has 1 aromatic carbocycles. The standard InChI is InChI=1S/C36H57N3O21/c40-13-19-22(43)25(46)28(49)34(58-19)55-7-1-4-37-31(52)16-10-17(32(53)38-5-2-8-56-35-29(50)26(47)23(44)20(14-41)59-35)12-18(11-16)33(54)39-6-3-9-57-36-30(51)27(48)24(45)21(15-42)60-36/h10-12,19-30,34-36,40-51H,1-9,13-15H2,(H,37,52)(H,38,53)(H,39,54)/t19-,20-,21-,22-,23-,24-,25+,26+,27+,28+,29+,30+,34+,35+,36+/m1/s1. The van der Waals surface area contributed by atoms with Crippen LogP contribution in [0.15, 0.2) is 18.2 Å². The molecule has 3 heterocycles. The van der Waals surface area contributed by atoms with Gasteiger partial charge < -0.3 is 106 Å². The number of amides is 3. The third-order valence-corrected chi connectivity index (χ3v) is 9.93. The first kappa shape index (κ1) is 49.6. The lowest BCUT2D eigenvalue weighted by Crippen LogP contribution is -2.59. The summed E-state index contributed by atoms with van der Waals surface area (Å²) in [6.45, 7) is -2.23. The fourth-order valence-electron chi connectivity index (χ4n) is 6.36. The van der Waals surface area contributed by atoms with Crippen LogP contribution in [0.5, 0.6) is 0 Å². The Morgan fingerprint density at radius 2 is 0.683 bits per heavy atom. The summed E-state index contributed by atoms with van der Waals surface area (Å²) in [7, 11) is 0. The van der Waals surface area contributed by atoms with Crippen molar-refractivity contribution in [1.82, 2.24) is 16.0 Å². The molecule has 15 atom stereocenters. The molecule has 3 saturated heterocycles. The van der Waals surface area contributed by atoms with Crippen LogP contribution in [-0.4, -0.2) is 230 Å². The number of aliphatic hydroxyl groups excluding tert-OH is 12. The van der Waals surface area contributed by atoms with Crippen LogP contribution in [0.1, 0.15) is 50.3 Å². The Morgan fingerprint density at radius 3 is 0.917 bits per heavy atom. The van der Waals surface area contributed by atoms with Crippen molar-refractivity contribution in [2.45, 2.75) is 111 Å². The summed E-state index contributed by atoms with van der Waals surface area (Å²) >= 11 is 0. The molecule has 4 rings (SSSR count). The monoisotopic (exact) mass is 867 g/mol. The summed E-state index contributed by atoms with van der Waals surface area (Å²) in [6.07, 6.45) is -21.6. The van der Waals surface area contributed by atoms with Gasteiger partial charge in [0, 0.05) is 36.3 Å². The highest BCUT2D eigenvalue weighted by Crippen LogP contribution is 2.24. The van der Waals surface area contributed by atoms with Gasteiger partial charge >= 0.3 is 0 Å². The SMILES string of the molecule is O=C(NCCCO[C@H]1O[C@H](CO)[C@@H](O)[C@H](O)[C@@H]1O)c1cc(C(=O)NCCCO[C@H]2O[C@H](CO)[C@@H](O)[C@H](O)[C@@H]2O)cc(C(=O)NCCCO[C@H]2O[C@H](CO)[C@@H](O)[C@H](O)[C@@H]2O)c1. The highest BCUT2D eigenvalue weighted by atomic mass is 16.7. The second-order valence-electron chi connectivity index (χ2n) is 14.3. The predicted molar refractivity (Wildman–Crippen MR) is 196 cm³/mol. The van der Waals surface area contributed by atoms with E-state index >= 15 is 0 Å².